The maximum absolute atomic E-state index is 13.1. The van der Waals surface area contributed by atoms with Gasteiger partial charge in [-0.2, -0.15) is 0 Å². The Kier molecular flexibility index (Phi) is 5.08. The minimum Gasteiger partial charge on any atom is -0.326 e. The van der Waals surface area contributed by atoms with E-state index >= 15 is 0 Å². The number of hydrogen-bond donors (Lipinski definition) is 1. The first-order valence-corrected chi connectivity index (χ1v) is 8.42. The molecule has 0 heterocycles. The van der Waals surface area contributed by atoms with Crippen LogP contribution < -0.4 is 10.6 Å². The molecule has 3 nitrogen and oxygen atoms in total. The second kappa shape index (κ2) is 7.43. The molecule has 0 aliphatic rings. The Morgan fingerprint density at radius 1 is 0.833 bits per heavy atom. The molecular formula is C20H17BrN2O. The van der Waals surface area contributed by atoms with Crippen molar-refractivity contribution in [3.63, 3.8) is 0 Å². The zero-order valence-corrected chi connectivity index (χ0v) is 14.6. The smallest absolute Gasteiger partial charge is 0.262 e. The standard InChI is InChI=1S/C20H17BrN2O/c21-17-10-12-19(13-11-17)23(18-4-2-1-3-5-18)20(24)16-8-6-15(14-22)7-9-16/h1-13H,14,22H2. The summed E-state index contributed by atoms with van der Waals surface area (Å²) in [4.78, 5) is 14.8. The molecule has 0 fully saturated rings. The summed E-state index contributed by atoms with van der Waals surface area (Å²) in [6.07, 6.45) is 0. The minimum absolute atomic E-state index is 0.0768. The number of anilines is 2. The molecule has 1 amide bonds. The lowest BCUT2D eigenvalue weighted by Gasteiger charge is -2.23. The van der Waals surface area contributed by atoms with Gasteiger partial charge in [0.2, 0.25) is 0 Å². The monoisotopic (exact) mass is 380 g/mol. The number of nitrogens with zero attached hydrogens (tertiary/aromatic N) is 1. The Morgan fingerprint density at radius 2 is 1.42 bits per heavy atom. The molecule has 0 saturated carbocycles. The third kappa shape index (κ3) is 3.55. The molecule has 0 aliphatic carbocycles. The highest BCUT2D eigenvalue weighted by atomic mass is 79.9. The molecule has 0 atom stereocenters. The third-order valence-corrected chi connectivity index (χ3v) is 4.27. The maximum atomic E-state index is 13.1. The van der Waals surface area contributed by atoms with Gasteiger partial charge in [-0.3, -0.25) is 9.69 Å². The number of benzene rings is 3. The van der Waals surface area contributed by atoms with Gasteiger partial charge in [-0.05, 0) is 54.1 Å². The summed E-state index contributed by atoms with van der Waals surface area (Å²) in [5.41, 5.74) is 8.90. The molecule has 120 valence electrons. The number of carbonyl (C=O) groups is 1. The topological polar surface area (TPSA) is 46.3 Å². The summed E-state index contributed by atoms with van der Waals surface area (Å²) in [5, 5.41) is 0. The number of para-hydroxylation sites is 1. The summed E-state index contributed by atoms with van der Waals surface area (Å²) in [7, 11) is 0. The van der Waals surface area contributed by atoms with Crippen molar-refractivity contribution in [2.75, 3.05) is 4.90 Å². The highest BCUT2D eigenvalue weighted by Gasteiger charge is 2.19. The Morgan fingerprint density at radius 3 is 2.00 bits per heavy atom. The molecule has 0 spiro atoms. The first-order chi connectivity index (χ1) is 11.7. The molecule has 0 bridgehead atoms. The van der Waals surface area contributed by atoms with E-state index < -0.39 is 0 Å². The van der Waals surface area contributed by atoms with Crippen LogP contribution >= 0.6 is 15.9 Å². The summed E-state index contributed by atoms with van der Waals surface area (Å²) < 4.78 is 0.971. The van der Waals surface area contributed by atoms with Crippen LogP contribution in [0.2, 0.25) is 0 Å². The van der Waals surface area contributed by atoms with Gasteiger partial charge in [-0.15, -0.1) is 0 Å². The Labute approximate surface area is 149 Å². The van der Waals surface area contributed by atoms with Crippen LogP contribution in [0.25, 0.3) is 0 Å². The van der Waals surface area contributed by atoms with Gasteiger partial charge < -0.3 is 5.73 Å². The van der Waals surface area contributed by atoms with Crippen molar-refractivity contribution in [2.45, 2.75) is 6.54 Å². The van der Waals surface area contributed by atoms with Crippen molar-refractivity contribution in [1.29, 1.82) is 0 Å². The van der Waals surface area contributed by atoms with Crippen LogP contribution in [0.5, 0.6) is 0 Å². The van der Waals surface area contributed by atoms with Crippen molar-refractivity contribution < 1.29 is 4.79 Å². The molecule has 3 rings (SSSR count). The molecule has 3 aromatic carbocycles. The fraction of sp³-hybridized carbons (Fsp3) is 0.0500. The molecule has 0 aromatic heterocycles. The number of hydrogen-bond acceptors (Lipinski definition) is 2. The van der Waals surface area contributed by atoms with Gasteiger partial charge in [0.15, 0.2) is 0 Å². The van der Waals surface area contributed by atoms with Crippen molar-refractivity contribution in [3.8, 4) is 0 Å². The van der Waals surface area contributed by atoms with Crippen LogP contribution in [-0.4, -0.2) is 5.91 Å². The molecule has 0 unspecified atom stereocenters. The normalized spacial score (nSPS) is 10.4. The zero-order chi connectivity index (χ0) is 16.9. The largest absolute Gasteiger partial charge is 0.326 e. The van der Waals surface area contributed by atoms with E-state index in [2.05, 4.69) is 15.9 Å². The van der Waals surface area contributed by atoms with E-state index in [0.29, 0.717) is 12.1 Å². The average Bonchev–Trinajstić information content (AvgIpc) is 2.64. The van der Waals surface area contributed by atoms with E-state index in [1.54, 1.807) is 4.90 Å². The van der Waals surface area contributed by atoms with Crippen LogP contribution in [-0.2, 0) is 6.54 Å². The number of rotatable bonds is 4. The van der Waals surface area contributed by atoms with Gasteiger partial charge in [0.05, 0.1) is 0 Å². The van der Waals surface area contributed by atoms with Crippen LogP contribution in [0, 0.1) is 0 Å². The number of amides is 1. The van der Waals surface area contributed by atoms with E-state index in [9.17, 15) is 4.79 Å². The minimum atomic E-state index is -0.0768. The van der Waals surface area contributed by atoms with Gasteiger partial charge in [-0.1, -0.05) is 46.3 Å². The molecular weight excluding hydrogens is 364 g/mol. The van der Waals surface area contributed by atoms with Crippen molar-refractivity contribution in [2.24, 2.45) is 5.73 Å². The molecule has 4 heteroatoms. The lowest BCUT2D eigenvalue weighted by molar-refractivity contribution is 0.0999. The highest BCUT2D eigenvalue weighted by Crippen LogP contribution is 2.28. The molecule has 24 heavy (non-hydrogen) atoms. The molecule has 0 radical (unpaired) electrons. The summed E-state index contributed by atoms with van der Waals surface area (Å²) in [6, 6.07) is 24.7. The third-order valence-electron chi connectivity index (χ3n) is 3.74. The van der Waals surface area contributed by atoms with Gasteiger partial charge in [-0.25, -0.2) is 0 Å². The van der Waals surface area contributed by atoms with Crippen molar-refractivity contribution in [1.82, 2.24) is 0 Å². The summed E-state index contributed by atoms with van der Waals surface area (Å²) in [5.74, 6) is -0.0768. The fourth-order valence-corrected chi connectivity index (χ4v) is 2.73. The number of carbonyl (C=O) groups excluding carboxylic acids is 1. The lowest BCUT2D eigenvalue weighted by Crippen LogP contribution is -2.25. The SMILES string of the molecule is NCc1ccc(C(=O)N(c2ccccc2)c2ccc(Br)cc2)cc1. The van der Waals surface area contributed by atoms with Crippen LogP contribution in [0.15, 0.2) is 83.3 Å². The Balaban J connectivity index is 2.03. The number of halogens is 1. The van der Waals surface area contributed by atoms with E-state index in [-0.39, 0.29) is 5.91 Å². The quantitative estimate of drug-likeness (QED) is 0.700. The van der Waals surface area contributed by atoms with E-state index in [0.717, 1.165) is 21.4 Å². The molecule has 3 aromatic rings. The predicted octanol–water partition coefficient (Wildman–Crippen LogP) is 4.89. The lowest BCUT2D eigenvalue weighted by atomic mass is 10.1. The van der Waals surface area contributed by atoms with Crippen LogP contribution in [0.4, 0.5) is 11.4 Å². The van der Waals surface area contributed by atoms with Gasteiger partial charge >= 0.3 is 0 Å². The van der Waals surface area contributed by atoms with Crippen molar-refractivity contribution >= 4 is 33.2 Å². The molecule has 2 N–H and O–H groups in total. The molecule has 0 aliphatic heterocycles. The first-order valence-electron chi connectivity index (χ1n) is 7.63. The van der Waals surface area contributed by atoms with Gasteiger partial charge in [0.25, 0.3) is 5.91 Å². The number of nitrogens with two attached hydrogens (primary N) is 1. The average molecular weight is 381 g/mol. The van der Waals surface area contributed by atoms with Crippen LogP contribution in [0.3, 0.4) is 0 Å². The van der Waals surface area contributed by atoms with Gasteiger partial charge in [0, 0.05) is 28.0 Å². The summed E-state index contributed by atoms with van der Waals surface area (Å²) >= 11 is 3.43. The zero-order valence-electron chi connectivity index (χ0n) is 13.0. The second-order valence-electron chi connectivity index (χ2n) is 5.35. The highest BCUT2D eigenvalue weighted by molar-refractivity contribution is 9.10. The van der Waals surface area contributed by atoms with E-state index in [1.165, 1.54) is 0 Å². The van der Waals surface area contributed by atoms with Crippen molar-refractivity contribution in [3.05, 3.63) is 94.5 Å². The van der Waals surface area contributed by atoms with E-state index in [1.807, 2.05) is 78.9 Å². The van der Waals surface area contributed by atoms with Gasteiger partial charge in [0.1, 0.15) is 0 Å². The molecule has 0 saturated heterocycles. The second-order valence-corrected chi connectivity index (χ2v) is 6.27. The summed E-state index contributed by atoms with van der Waals surface area (Å²) in [6.45, 7) is 0.462. The fourth-order valence-electron chi connectivity index (χ4n) is 2.46. The maximum Gasteiger partial charge on any atom is 0.262 e. The van der Waals surface area contributed by atoms with E-state index in [4.69, 9.17) is 5.73 Å². The van der Waals surface area contributed by atoms with Crippen LogP contribution in [0.1, 0.15) is 15.9 Å². The predicted molar refractivity (Wildman–Crippen MR) is 101 cm³/mol. The first kappa shape index (κ1) is 16.4. The Bertz CT molecular complexity index is 815. The Hall–Kier alpha value is -2.43.